The molecule has 0 atom stereocenters. The van der Waals surface area contributed by atoms with Crippen molar-refractivity contribution in [1.29, 1.82) is 0 Å². The summed E-state index contributed by atoms with van der Waals surface area (Å²) in [5, 5.41) is 0. The van der Waals surface area contributed by atoms with Crippen molar-refractivity contribution in [2.24, 2.45) is 17.1 Å². The monoisotopic (exact) mass is 335 g/mol. The molecule has 0 aliphatic heterocycles. The Morgan fingerprint density at radius 1 is 1.14 bits per heavy atom. The van der Waals surface area contributed by atoms with Gasteiger partial charge in [-0.2, -0.15) is 13.2 Å². The van der Waals surface area contributed by atoms with Crippen molar-refractivity contribution in [2.75, 3.05) is 6.54 Å². The molecule has 0 heterocycles. The molecule has 0 amide bonds. The van der Waals surface area contributed by atoms with Gasteiger partial charge < -0.3 is 10.5 Å². The van der Waals surface area contributed by atoms with Crippen molar-refractivity contribution < 1.29 is 17.9 Å². The van der Waals surface area contributed by atoms with Crippen molar-refractivity contribution >= 4 is 12.4 Å². The van der Waals surface area contributed by atoms with Gasteiger partial charge in [0.15, 0.2) is 5.60 Å². The summed E-state index contributed by atoms with van der Waals surface area (Å²) < 4.78 is 45.5. The highest BCUT2D eigenvalue weighted by Gasteiger charge is 2.71. The van der Waals surface area contributed by atoms with Crippen molar-refractivity contribution in [3.63, 3.8) is 0 Å². The summed E-state index contributed by atoms with van der Waals surface area (Å²) in [6.45, 7) is 0.586. The van der Waals surface area contributed by atoms with E-state index in [0.29, 0.717) is 12.5 Å². The zero-order chi connectivity index (χ0) is 15.1. The van der Waals surface area contributed by atoms with E-state index in [1.807, 2.05) is 6.07 Å². The van der Waals surface area contributed by atoms with E-state index in [4.69, 9.17) is 10.5 Å². The van der Waals surface area contributed by atoms with Gasteiger partial charge in [0.2, 0.25) is 0 Å². The second-order valence-corrected chi connectivity index (χ2v) is 6.63. The highest BCUT2D eigenvalue weighted by atomic mass is 35.5. The van der Waals surface area contributed by atoms with E-state index in [0.717, 1.165) is 18.4 Å². The van der Waals surface area contributed by atoms with Gasteiger partial charge in [0.05, 0.1) is 6.61 Å². The molecule has 2 nitrogen and oxygen atoms in total. The van der Waals surface area contributed by atoms with E-state index in [2.05, 4.69) is 0 Å². The van der Waals surface area contributed by atoms with Crippen LogP contribution in [0.2, 0.25) is 0 Å². The number of ether oxygens (including phenoxy) is 1. The molecule has 0 saturated heterocycles. The maximum Gasteiger partial charge on any atom is 0.417 e. The number of hydrogen-bond donors (Lipinski definition) is 1. The van der Waals surface area contributed by atoms with Gasteiger partial charge >= 0.3 is 6.18 Å². The first-order chi connectivity index (χ1) is 9.88. The molecule has 2 aliphatic rings. The second kappa shape index (κ2) is 6.02. The largest absolute Gasteiger partial charge is 0.417 e. The van der Waals surface area contributed by atoms with Crippen LogP contribution in [0.3, 0.4) is 0 Å². The van der Waals surface area contributed by atoms with Gasteiger partial charge in [0.1, 0.15) is 0 Å². The first kappa shape index (κ1) is 17.6. The molecule has 0 aromatic heterocycles. The average molecular weight is 336 g/mol. The predicted octanol–water partition coefficient (Wildman–Crippen LogP) is 4.08. The summed E-state index contributed by atoms with van der Waals surface area (Å²) in [6.07, 6.45) is -2.49. The molecule has 124 valence electrons. The molecule has 1 spiro atoms. The minimum absolute atomic E-state index is 0. The molecule has 0 bridgehead atoms. The molecule has 0 unspecified atom stereocenters. The zero-order valence-corrected chi connectivity index (χ0v) is 13.1. The molecule has 0 radical (unpaired) electrons. The van der Waals surface area contributed by atoms with Crippen LogP contribution in [-0.2, 0) is 11.3 Å². The molecule has 1 aromatic rings. The minimum Gasteiger partial charge on any atom is -0.361 e. The van der Waals surface area contributed by atoms with E-state index < -0.39 is 11.8 Å². The Kier molecular flexibility index (Phi) is 4.81. The summed E-state index contributed by atoms with van der Waals surface area (Å²) in [7, 11) is 0. The van der Waals surface area contributed by atoms with Gasteiger partial charge in [-0.15, -0.1) is 12.4 Å². The molecule has 22 heavy (non-hydrogen) atoms. The number of benzene rings is 1. The Balaban J connectivity index is 0.00000176. The molecule has 3 rings (SSSR count). The van der Waals surface area contributed by atoms with Crippen LogP contribution in [0, 0.1) is 11.3 Å². The normalized spacial score (nSPS) is 33.7. The lowest BCUT2D eigenvalue weighted by Gasteiger charge is -2.63. The predicted molar refractivity (Wildman–Crippen MR) is 80.7 cm³/mol. The van der Waals surface area contributed by atoms with Crippen LogP contribution in [-0.4, -0.2) is 18.3 Å². The maximum absolute atomic E-state index is 13.4. The topological polar surface area (TPSA) is 35.2 Å². The molecule has 2 fully saturated rings. The van der Waals surface area contributed by atoms with Gasteiger partial charge in [-0.1, -0.05) is 30.3 Å². The minimum atomic E-state index is -4.30. The molecule has 1 aromatic carbocycles. The maximum atomic E-state index is 13.4. The average Bonchev–Trinajstić information content (AvgIpc) is 2.35. The van der Waals surface area contributed by atoms with E-state index in [-0.39, 0.29) is 37.3 Å². The third-order valence-corrected chi connectivity index (χ3v) is 4.97. The third-order valence-electron chi connectivity index (χ3n) is 4.97. The highest BCUT2D eigenvalue weighted by molar-refractivity contribution is 5.85. The summed E-state index contributed by atoms with van der Waals surface area (Å²) >= 11 is 0. The number of nitrogens with two attached hydrogens (primary N) is 1. The Labute approximate surface area is 134 Å². The molecular weight excluding hydrogens is 315 g/mol. The van der Waals surface area contributed by atoms with Gasteiger partial charge in [-0.3, -0.25) is 0 Å². The quantitative estimate of drug-likeness (QED) is 0.900. The lowest BCUT2D eigenvalue weighted by molar-refractivity contribution is -0.349. The highest BCUT2D eigenvalue weighted by Crippen LogP contribution is 2.67. The SMILES string of the molecule is Cl.NCC1CC2(C1)CC(OCc1ccccc1)(C(F)(F)F)C2. The van der Waals surface area contributed by atoms with Crippen LogP contribution in [0.25, 0.3) is 0 Å². The van der Waals surface area contributed by atoms with Crippen molar-refractivity contribution in [1.82, 2.24) is 0 Å². The molecular formula is C16H21ClF3NO. The van der Waals surface area contributed by atoms with E-state index >= 15 is 0 Å². The van der Waals surface area contributed by atoms with E-state index in [1.54, 1.807) is 24.3 Å². The van der Waals surface area contributed by atoms with Crippen molar-refractivity contribution in [3.8, 4) is 0 Å². The number of halogens is 4. The third kappa shape index (κ3) is 2.99. The number of rotatable bonds is 4. The summed E-state index contributed by atoms with van der Waals surface area (Å²) in [5.41, 5.74) is 4.22. The van der Waals surface area contributed by atoms with Crippen LogP contribution < -0.4 is 5.73 Å². The first-order valence-electron chi connectivity index (χ1n) is 7.33. The molecule has 6 heteroatoms. The number of hydrogen-bond acceptors (Lipinski definition) is 2. The lowest BCUT2D eigenvalue weighted by Crippen LogP contribution is -2.66. The Bertz CT molecular complexity index is 492. The van der Waals surface area contributed by atoms with E-state index in [9.17, 15) is 13.2 Å². The fourth-order valence-electron chi connectivity index (χ4n) is 3.96. The van der Waals surface area contributed by atoms with Gasteiger partial charge in [-0.05, 0) is 49.1 Å². The summed E-state index contributed by atoms with van der Waals surface area (Å²) in [4.78, 5) is 0. The smallest absolute Gasteiger partial charge is 0.361 e. The molecule has 2 saturated carbocycles. The fraction of sp³-hybridized carbons (Fsp3) is 0.625. The van der Waals surface area contributed by atoms with Crippen molar-refractivity contribution in [2.45, 2.75) is 44.1 Å². The van der Waals surface area contributed by atoms with Crippen LogP contribution in [0.5, 0.6) is 0 Å². The van der Waals surface area contributed by atoms with Crippen LogP contribution in [0.1, 0.15) is 31.2 Å². The summed E-state index contributed by atoms with van der Waals surface area (Å²) in [6, 6.07) is 9.01. The summed E-state index contributed by atoms with van der Waals surface area (Å²) in [5.74, 6) is 0.394. The fourth-order valence-corrected chi connectivity index (χ4v) is 3.96. The Hall–Kier alpha value is -0.780. The Morgan fingerprint density at radius 2 is 1.73 bits per heavy atom. The van der Waals surface area contributed by atoms with E-state index in [1.165, 1.54) is 0 Å². The van der Waals surface area contributed by atoms with Crippen molar-refractivity contribution in [3.05, 3.63) is 35.9 Å². The zero-order valence-electron chi connectivity index (χ0n) is 12.2. The van der Waals surface area contributed by atoms with Crippen LogP contribution in [0.15, 0.2) is 30.3 Å². The molecule has 2 N–H and O–H groups in total. The van der Waals surface area contributed by atoms with Crippen LogP contribution in [0.4, 0.5) is 13.2 Å². The van der Waals surface area contributed by atoms with Gasteiger partial charge in [0, 0.05) is 0 Å². The number of alkyl halides is 3. The molecule has 2 aliphatic carbocycles. The van der Waals surface area contributed by atoms with Gasteiger partial charge in [0.25, 0.3) is 0 Å². The second-order valence-electron chi connectivity index (χ2n) is 6.63. The van der Waals surface area contributed by atoms with Gasteiger partial charge in [-0.25, -0.2) is 0 Å². The van der Waals surface area contributed by atoms with Crippen LogP contribution >= 0.6 is 12.4 Å². The Morgan fingerprint density at radius 3 is 2.23 bits per heavy atom. The standard InChI is InChI=1S/C16H20F3NO.ClH/c17-16(18,19)15(21-9-12-4-2-1-3-5-12)10-14(11-15)6-13(7-14)8-20;/h1-5,13H,6-11,20H2;1H. The lowest BCUT2D eigenvalue weighted by atomic mass is 9.46. The first-order valence-corrected chi connectivity index (χ1v) is 7.33.